The van der Waals surface area contributed by atoms with E-state index in [2.05, 4.69) is 4.72 Å². The van der Waals surface area contributed by atoms with Crippen LogP contribution in [0.25, 0.3) is 0 Å². The molecule has 0 atom stereocenters. The summed E-state index contributed by atoms with van der Waals surface area (Å²) in [6.45, 7) is 0.417. The van der Waals surface area contributed by atoms with E-state index in [9.17, 15) is 8.42 Å². The van der Waals surface area contributed by atoms with Gasteiger partial charge in [-0.3, -0.25) is 0 Å². The molecule has 0 spiro atoms. The Kier molecular flexibility index (Phi) is 5.48. The van der Waals surface area contributed by atoms with Crippen molar-refractivity contribution < 1.29 is 8.42 Å². The fraction of sp³-hybridized carbons (Fsp3) is 0.364. The first-order chi connectivity index (χ1) is 8.10. The van der Waals surface area contributed by atoms with Gasteiger partial charge in [-0.05, 0) is 36.6 Å². The quantitative estimate of drug-likeness (QED) is 0.797. The molecule has 0 aliphatic carbocycles. The van der Waals surface area contributed by atoms with Crippen molar-refractivity contribution in [1.29, 1.82) is 5.26 Å². The van der Waals surface area contributed by atoms with Gasteiger partial charge < -0.3 is 0 Å². The summed E-state index contributed by atoms with van der Waals surface area (Å²) < 4.78 is 26.2. The van der Waals surface area contributed by atoms with Crippen LogP contribution in [0.5, 0.6) is 0 Å². The molecule has 92 valence electrons. The highest BCUT2D eigenvalue weighted by molar-refractivity contribution is 7.98. The molecule has 0 saturated carbocycles. The number of nitriles is 1. The van der Waals surface area contributed by atoms with Crippen LogP contribution < -0.4 is 4.72 Å². The number of rotatable bonds is 6. The number of sulfonamides is 1. The van der Waals surface area contributed by atoms with Crippen LogP contribution in [0.1, 0.15) is 12.0 Å². The second-order valence-corrected chi connectivity index (χ2v) is 6.14. The predicted octanol–water partition coefficient (Wildman–Crippen LogP) is 1.59. The van der Waals surface area contributed by atoms with E-state index in [-0.39, 0.29) is 4.90 Å². The molecule has 1 rings (SSSR count). The zero-order valence-corrected chi connectivity index (χ0v) is 11.1. The van der Waals surface area contributed by atoms with Gasteiger partial charge in [-0.1, -0.05) is 6.07 Å². The van der Waals surface area contributed by atoms with Gasteiger partial charge in [0.25, 0.3) is 0 Å². The normalized spacial score (nSPS) is 11.1. The molecular weight excluding hydrogens is 256 g/mol. The Hall–Kier alpha value is -1.03. The molecule has 0 aromatic heterocycles. The molecule has 0 aliphatic heterocycles. The summed E-state index contributed by atoms with van der Waals surface area (Å²) in [4.78, 5) is 0.140. The van der Waals surface area contributed by atoms with Crippen molar-refractivity contribution in [2.45, 2.75) is 11.3 Å². The van der Waals surface area contributed by atoms with E-state index in [1.165, 1.54) is 12.1 Å². The molecule has 1 N–H and O–H groups in total. The van der Waals surface area contributed by atoms with Crippen molar-refractivity contribution in [2.24, 2.45) is 0 Å². The average Bonchev–Trinajstić information content (AvgIpc) is 2.35. The van der Waals surface area contributed by atoms with Crippen LogP contribution in [0.4, 0.5) is 0 Å². The topological polar surface area (TPSA) is 70.0 Å². The zero-order chi connectivity index (χ0) is 12.7. The van der Waals surface area contributed by atoms with Gasteiger partial charge in [-0.2, -0.15) is 17.0 Å². The Labute approximate surface area is 106 Å². The van der Waals surface area contributed by atoms with Gasteiger partial charge in [0.05, 0.1) is 16.5 Å². The van der Waals surface area contributed by atoms with Gasteiger partial charge in [-0.15, -0.1) is 0 Å². The summed E-state index contributed by atoms with van der Waals surface area (Å²) in [5.74, 6) is 0.917. The van der Waals surface area contributed by atoms with Crippen LogP contribution in [0.2, 0.25) is 0 Å². The largest absolute Gasteiger partial charge is 0.240 e. The minimum Gasteiger partial charge on any atom is -0.211 e. The van der Waals surface area contributed by atoms with E-state index in [0.29, 0.717) is 12.1 Å². The van der Waals surface area contributed by atoms with E-state index in [1.54, 1.807) is 23.9 Å². The first-order valence-corrected chi connectivity index (χ1v) is 7.96. The molecule has 6 heteroatoms. The third-order valence-corrected chi connectivity index (χ3v) is 4.25. The molecule has 0 saturated heterocycles. The monoisotopic (exact) mass is 270 g/mol. The third-order valence-electron chi connectivity index (χ3n) is 2.09. The van der Waals surface area contributed by atoms with E-state index < -0.39 is 10.0 Å². The molecule has 1 aromatic rings. The minimum absolute atomic E-state index is 0.140. The zero-order valence-electron chi connectivity index (χ0n) is 9.51. The lowest BCUT2D eigenvalue weighted by Gasteiger charge is -2.06. The van der Waals surface area contributed by atoms with Gasteiger partial charge in [0.2, 0.25) is 10.0 Å². The molecule has 4 nitrogen and oxygen atoms in total. The van der Waals surface area contributed by atoms with Crippen molar-refractivity contribution in [2.75, 3.05) is 18.6 Å². The molecule has 0 fully saturated rings. The lowest BCUT2D eigenvalue weighted by Crippen LogP contribution is -2.25. The van der Waals surface area contributed by atoms with Gasteiger partial charge in [0.1, 0.15) is 0 Å². The standard InChI is InChI=1S/C11H14N2O2S2/c1-16-7-3-6-13-17(14,15)11-5-2-4-10(8-11)9-12/h2,4-5,8,13H,3,6-7H2,1H3. The molecule has 0 aliphatic rings. The number of nitrogens with zero attached hydrogens (tertiary/aromatic N) is 1. The fourth-order valence-corrected chi connectivity index (χ4v) is 2.79. The number of thioether (sulfide) groups is 1. The fourth-order valence-electron chi connectivity index (χ4n) is 1.24. The maximum absolute atomic E-state index is 11.8. The number of hydrogen-bond acceptors (Lipinski definition) is 4. The first-order valence-electron chi connectivity index (χ1n) is 5.09. The number of nitrogens with one attached hydrogen (secondary N) is 1. The average molecular weight is 270 g/mol. The SMILES string of the molecule is CSCCCNS(=O)(=O)c1cccc(C#N)c1. The van der Waals surface area contributed by atoms with Crippen LogP contribution in [-0.4, -0.2) is 27.0 Å². The van der Waals surface area contributed by atoms with Crippen LogP contribution >= 0.6 is 11.8 Å². The highest BCUT2D eigenvalue weighted by atomic mass is 32.2. The highest BCUT2D eigenvalue weighted by Gasteiger charge is 2.13. The lowest BCUT2D eigenvalue weighted by molar-refractivity contribution is 0.581. The van der Waals surface area contributed by atoms with E-state index in [4.69, 9.17) is 5.26 Å². The smallest absolute Gasteiger partial charge is 0.211 e. The molecule has 0 bridgehead atoms. The second-order valence-electron chi connectivity index (χ2n) is 3.38. The summed E-state index contributed by atoms with van der Waals surface area (Å²) >= 11 is 1.68. The second kappa shape index (κ2) is 6.64. The molecule has 0 radical (unpaired) electrons. The number of hydrogen-bond donors (Lipinski definition) is 1. The van der Waals surface area contributed by atoms with Crippen molar-refractivity contribution in [3.05, 3.63) is 29.8 Å². The summed E-state index contributed by atoms with van der Waals surface area (Å²) in [6, 6.07) is 7.92. The Morgan fingerprint density at radius 3 is 2.88 bits per heavy atom. The van der Waals surface area contributed by atoms with E-state index in [1.807, 2.05) is 12.3 Å². The predicted molar refractivity (Wildman–Crippen MR) is 69.3 cm³/mol. The maximum atomic E-state index is 11.8. The molecule has 0 heterocycles. The van der Waals surface area contributed by atoms with Gasteiger partial charge in [0, 0.05) is 6.54 Å². The molecule has 1 aromatic carbocycles. The Balaban J connectivity index is 2.73. The summed E-state index contributed by atoms with van der Waals surface area (Å²) in [5, 5.41) is 8.71. The summed E-state index contributed by atoms with van der Waals surface area (Å²) in [7, 11) is -3.48. The van der Waals surface area contributed by atoms with E-state index >= 15 is 0 Å². The van der Waals surface area contributed by atoms with Crippen LogP contribution in [0, 0.1) is 11.3 Å². The van der Waals surface area contributed by atoms with E-state index in [0.717, 1.165) is 12.2 Å². The van der Waals surface area contributed by atoms with Crippen molar-refractivity contribution in [3.8, 4) is 6.07 Å². The van der Waals surface area contributed by atoms with Crippen molar-refractivity contribution in [3.63, 3.8) is 0 Å². The lowest BCUT2D eigenvalue weighted by atomic mass is 10.2. The van der Waals surface area contributed by atoms with Crippen molar-refractivity contribution >= 4 is 21.8 Å². The van der Waals surface area contributed by atoms with Crippen LogP contribution in [0.3, 0.4) is 0 Å². The summed E-state index contributed by atoms with van der Waals surface area (Å²) in [5.41, 5.74) is 0.344. The van der Waals surface area contributed by atoms with Gasteiger partial charge >= 0.3 is 0 Å². The van der Waals surface area contributed by atoms with Crippen LogP contribution in [-0.2, 0) is 10.0 Å². The van der Waals surface area contributed by atoms with Crippen molar-refractivity contribution in [1.82, 2.24) is 4.72 Å². The third kappa shape index (κ3) is 4.38. The summed E-state index contributed by atoms with van der Waals surface area (Å²) in [6.07, 6.45) is 2.77. The Bertz CT molecular complexity index is 506. The van der Waals surface area contributed by atoms with Gasteiger partial charge in [-0.25, -0.2) is 13.1 Å². The van der Waals surface area contributed by atoms with Gasteiger partial charge in [0.15, 0.2) is 0 Å². The Morgan fingerprint density at radius 2 is 2.24 bits per heavy atom. The molecule has 17 heavy (non-hydrogen) atoms. The first kappa shape index (κ1) is 14.0. The van der Waals surface area contributed by atoms with Crippen LogP contribution in [0.15, 0.2) is 29.2 Å². The molecule has 0 unspecified atom stereocenters. The minimum atomic E-state index is -3.48. The molecular formula is C11H14N2O2S2. The highest BCUT2D eigenvalue weighted by Crippen LogP contribution is 2.10. The maximum Gasteiger partial charge on any atom is 0.240 e. The Morgan fingerprint density at radius 1 is 1.47 bits per heavy atom. The molecule has 0 amide bonds. The number of benzene rings is 1.